The van der Waals surface area contributed by atoms with Gasteiger partial charge in [-0.25, -0.2) is 21.9 Å². The smallest absolute Gasteiger partial charge is 0.212 e. The fourth-order valence-electron chi connectivity index (χ4n) is 2.80. The molecule has 0 amide bonds. The standard InChI is InChI=1S/C15H21F2NO2S/c1-3-7-11(2)18-21(19,20)10-13-14(15(13,16)17)12-8-5-4-6-9-12/h4-6,8-9,11,13-14,18H,3,7,10H2,1-2H3/t11?,13-,14-/m1/s1. The van der Waals surface area contributed by atoms with Gasteiger partial charge in [0.15, 0.2) is 0 Å². The molecule has 0 heterocycles. The molecule has 0 aromatic heterocycles. The van der Waals surface area contributed by atoms with Crippen molar-refractivity contribution in [3.63, 3.8) is 0 Å². The van der Waals surface area contributed by atoms with E-state index in [1.807, 2.05) is 6.92 Å². The summed E-state index contributed by atoms with van der Waals surface area (Å²) in [7, 11) is -3.68. The normalized spacial score (nSPS) is 25.5. The van der Waals surface area contributed by atoms with Gasteiger partial charge in [-0.15, -0.1) is 0 Å². The molecule has 1 aliphatic carbocycles. The van der Waals surface area contributed by atoms with Crippen molar-refractivity contribution in [3.8, 4) is 0 Å². The van der Waals surface area contributed by atoms with Crippen molar-refractivity contribution in [1.29, 1.82) is 0 Å². The van der Waals surface area contributed by atoms with E-state index >= 15 is 0 Å². The van der Waals surface area contributed by atoms with Gasteiger partial charge in [0.2, 0.25) is 10.0 Å². The van der Waals surface area contributed by atoms with Crippen molar-refractivity contribution in [2.45, 2.75) is 44.6 Å². The highest BCUT2D eigenvalue weighted by Gasteiger charge is 2.69. The van der Waals surface area contributed by atoms with Gasteiger partial charge in [-0.05, 0) is 18.9 Å². The third kappa shape index (κ3) is 3.80. The Bertz CT molecular complexity index is 575. The Morgan fingerprint density at radius 3 is 2.48 bits per heavy atom. The van der Waals surface area contributed by atoms with E-state index in [1.165, 1.54) is 0 Å². The number of alkyl halides is 2. The number of hydrogen-bond donors (Lipinski definition) is 1. The topological polar surface area (TPSA) is 46.2 Å². The van der Waals surface area contributed by atoms with Gasteiger partial charge in [0, 0.05) is 6.04 Å². The largest absolute Gasteiger partial charge is 0.260 e. The maximum absolute atomic E-state index is 13.9. The molecule has 0 saturated heterocycles. The first kappa shape index (κ1) is 16.4. The Hall–Kier alpha value is -1.01. The molecule has 118 valence electrons. The Balaban J connectivity index is 2.03. The molecule has 0 spiro atoms. The fraction of sp³-hybridized carbons (Fsp3) is 0.600. The number of halogens is 2. The maximum atomic E-state index is 13.9. The van der Waals surface area contributed by atoms with Crippen LogP contribution in [0.3, 0.4) is 0 Å². The number of benzene rings is 1. The van der Waals surface area contributed by atoms with Crippen LogP contribution >= 0.6 is 0 Å². The second-order valence-electron chi connectivity index (χ2n) is 5.76. The van der Waals surface area contributed by atoms with E-state index in [1.54, 1.807) is 37.3 Å². The van der Waals surface area contributed by atoms with Crippen molar-refractivity contribution in [3.05, 3.63) is 35.9 Å². The van der Waals surface area contributed by atoms with Crippen LogP contribution in [0.1, 0.15) is 38.2 Å². The lowest BCUT2D eigenvalue weighted by Gasteiger charge is -2.12. The lowest BCUT2D eigenvalue weighted by Crippen LogP contribution is -2.35. The van der Waals surface area contributed by atoms with E-state index in [0.29, 0.717) is 12.0 Å². The number of nitrogens with one attached hydrogen (secondary N) is 1. The minimum Gasteiger partial charge on any atom is -0.212 e. The van der Waals surface area contributed by atoms with Gasteiger partial charge in [-0.1, -0.05) is 43.7 Å². The summed E-state index contributed by atoms with van der Waals surface area (Å²) in [4.78, 5) is 0. The molecule has 1 aliphatic rings. The predicted octanol–water partition coefficient (Wildman–Crippen LogP) is 3.14. The van der Waals surface area contributed by atoms with Crippen LogP contribution in [0.25, 0.3) is 0 Å². The van der Waals surface area contributed by atoms with Crippen LogP contribution in [-0.4, -0.2) is 26.1 Å². The summed E-state index contributed by atoms with van der Waals surface area (Å²) < 4.78 is 54.2. The lowest BCUT2D eigenvalue weighted by molar-refractivity contribution is 0.0967. The van der Waals surface area contributed by atoms with Crippen molar-refractivity contribution in [1.82, 2.24) is 4.72 Å². The van der Waals surface area contributed by atoms with E-state index in [2.05, 4.69) is 4.72 Å². The van der Waals surface area contributed by atoms with E-state index in [0.717, 1.165) is 6.42 Å². The summed E-state index contributed by atoms with van der Waals surface area (Å²) in [5.74, 6) is -5.58. The minimum atomic E-state index is -3.68. The first-order valence-electron chi connectivity index (χ1n) is 7.20. The molecule has 1 fully saturated rings. The van der Waals surface area contributed by atoms with Gasteiger partial charge in [0.1, 0.15) is 0 Å². The van der Waals surface area contributed by atoms with Crippen LogP contribution in [0.15, 0.2) is 30.3 Å². The van der Waals surface area contributed by atoms with Crippen LogP contribution in [0.4, 0.5) is 8.78 Å². The zero-order valence-corrected chi connectivity index (χ0v) is 13.0. The van der Waals surface area contributed by atoms with Gasteiger partial charge in [-0.3, -0.25) is 0 Å². The molecule has 3 atom stereocenters. The lowest BCUT2D eigenvalue weighted by atomic mass is 10.1. The summed E-state index contributed by atoms with van der Waals surface area (Å²) in [5, 5.41) is 0. The molecule has 1 unspecified atom stereocenters. The van der Waals surface area contributed by atoms with Crippen molar-refractivity contribution in [2.75, 3.05) is 5.75 Å². The monoisotopic (exact) mass is 317 g/mol. The molecular formula is C15H21F2NO2S. The second-order valence-corrected chi connectivity index (χ2v) is 7.56. The van der Waals surface area contributed by atoms with Gasteiger partial charge >= 0.3 is 0 Å². The highest BCUT2D eigenvalue weighted by Crippen LogP contribution is 2.61. The highest BCUT2D eigenvalue weighted by atomic mass is 32.2. The van der Waals surface area contributed by atoms with E-state index in [-0.39, 0.29) is 6.04 Å². The SMILES string of the molecule is CCCC(C)NS(=O)(=O)C[C@@H]1[C@@H](c2ccccc2)C1(F)F. The summed E-state index contributed by atoms with van der Waals surface area (Å²) in [6, 6.07) is 8.16. The Morgan fingerprint density at radius 2 is 1.90 bits per heavy atom. The van der Waals surface area contributed by atoms with Crippen molar-refractivity contribution < 1.29 is 17.2 Å². The Labute approximate surface area is 124 Å². The molecule has 1 saturated carbocycles. The Kier molecular flexibility index (Phi) is 4.68. The van der Waals surface area contributed by atoms with Crippen molar-refractivity contribution >= 4 is 10.0 Å². The molecule has 0 bridgehead atoms. The van der Waals surface area contributed by atoms with Crippen LogP contribution in [0.2, 0.25) is 0 Å². The number of rotatable bonds is 7. The molecule has 0 aliphatic heterocycles. The summed E-state index contributed by atoms with van der Waals surface area (Å²) in [5.41, 5.74) is 0.504. The maximum Gasteiger partial charge on any atom is 0.260 e. The highest BCUT2D eigenvalue weighted by molar-refractivity contribution is 7.89. The molecule has 1 N–H and O–H groups in total. The molecular weight excluding hydrogens is 296 g/mol. The van der Waals surface area contributed by atoms with Gasteiger partial charge in [0.25, 0.3) is 5.92 Å². The summed E-state index contributed by atoms with van der Waals surface area (Å²) >= 11 is 0. The molecule has 1 aromatic carbocycles. The van der Waals surface area contributed by atoms with Crippen LogP contribution in [-0.2, 0) is 10.0 Å². The van der Waals surface area contributed by atoms with E-state index in [9.17, 15) is 17.2 Å². The van der Waals surface area contributed by atoms with E-state index < -0.39 is 33.5 Å². The van der Waals surface area contributed by atoms with Gasteiger partial charge in [-0.2, -0.15) is 0 Å². The second kappa shape index (κ2) is 6.01. The fourth-order valence-corrected chi connectivity index (χ4v) is 4.51. The minimum absolute atomic E-state index is 0.220. The molecule has 1 aromatic rings. The quantitative estimate of drug-likeness (QED) is 0.840. The molecule has 0 radical (unpaired) electrons. The first-order valence-corrected chi connectivity index (χ1v) is 8.86. The predicted molar refractivity (Wildman–Crippen MR) is 78.9 cm³/mol. The molecule has 3 nitrogen and oxygen atoms in total. The molecule has 21 heavy (non-hydrogen) atoms. The zero-order valence-electron chi connectivity index (χ0n) is 12.2. The third-order valence-electron chi connectivity index (χ3n) is 3.86. The van der Waals surface area contributed by atoms with Crippen LogP contribution < -0.4 is 4.72 Å². The third-order valence-corrected chi connectivity index (χ3v) is 5.42. The average Bonchev–Trinajstić information content (AvgIpc) is 2.90. The number of sulfonamides is 1. The van der Waals surface area contributed by atoms with Crippen LogP contribution in [0.5, 0.6) is 0 Å². The van der Waals surface area contributed by atoms with E-state index in [4.69, 9.17) is 0 Å². The zero-order chi connectivity index (χ0) is 15.7. The molecule has 2 rings (SSSR count). The Morgan fingerprint density at radius 1 is 1.29 bits per heavy atom. The molecule has 6 heteroatoms. The average molecular weight is 317 g/mol. The number of hydrogen-bond acceptors (Lipinski definition) is 2. The first-order chi connectivity index (χ1) is 9.78. The van der Waals surface area contributed by atoms with Gasteiger partial charge in [0.05, 0.1) is 17.6 Å². The van der Waals surface area contributed by atoms with Gasteiger partial charge < -0.3 is 0 Å². The van der Waals surface area contributed by atoms with Crippen LogP contribution in [0, 0.1) is 5.92 Å². The summed E-state index contributed by atoms with van der Waals surface area (Å²) in [6.07, 6.45) is 1.54. The van der Waals surface area contributed by atoms with Crippen molar-refractivity contribution in [2.24, 2.45) is 5.92 Å². The summed E-state index contributed by atoms with van der Waals surface area (Å²) in [6.45, 7) is 3.70.